The molecule has 0 N–H and O–H groups in total. The first-order valence-corrected chi connectivity index (χ1v) is 12.0. The molecule has 1 aliphatic rings. The van der Waals surface area contributed by atoms with E-state index in [1.807, 2.05) is 18.2 Å². The fourth-order valence-electron chi connectivity index (χ4n) is 5.72. The van der Waals surface area contributed by atoms with E-state index in [9.17, 15) is 5.26 Å². The predicted molar refractivity (Wildman–Crippen MR) is 137 cm³/mol. The second kappa shape index (κ2) is 7.85. The Morgan fingerprint density at radius 3 is 2.41 bits per heavy atom. The number of rotatable bonds is 2. The first-order valence-electron chi connectivity index (χ1n) is 12.0. The van der Waals surface area contributed by atoms with Gasteiger partial charge in [0.25, 0.3) is 0 Å². The summed E-state index contributed by atoms with van der Waals surface area (Å²) in [6.07, 6.45) is 6.81. The normalized spacial score (nSPS) is 13.2. The van der Waals surface area contributed by atoms with Crippen molar-refractivity contribution < 1.29 is 8.98 Å². The molecule has 0 atom stereocenters. The van der Waals surface area contributed by atoms with Crippen molar-refractivity contribution in [1.29, 1.82) is 5.26 Å². The third-order valence-electron chi connectivity index (χ3n) is 7.43. The molecular formula is C31H27N2O+. The summed E-state index contributed by atoms with van der Waals surface area (Å²) < 4.78 is 8.85. The highest BCUT2D eigenvalue weighted by Gasteiger charge is 2.23. The second-order valence-electron chi connectivity index (χ2n) is 9.55. The van der Waals surface area contributed by atoms with Gasteiger partial charge < -0.3 is 4.42 Å². The number of furan rings is 1. The molecule has 0 spiro atoms. The number of pyridine rings is 1. The Hall–Kier alpha value is -3.90. The van der Waals surface area contributed by atoms with Crippen molar-refractivity contribution in [3.8, 4) is 28.5 Å². The number of nitrogens with zero attached hydrogens (tertiary/aromatic N) is 2. The minimum absolute atomic E-state index is 0.658. The summed E-state index contributed by atoms with van der Waals surface area (Å²) in [7, 11) is 2.06. The standard InChI is InChI=1S/C31H27N2O/c1-19-11-13-25-26-14-12-22(18-32)29(23-16-20(2)24-9-5-4-8-21(24)17-23)31(26)34-30(25)28(19)27-10-6-7-15-33(27)3/h6-7,10-17H,4-5,8-9H2,1-3H3/q+1. The van der Waals surface area contributed by atoms with Crippen LogP contribution in [0.25, 0.3) is 44.3 Å². The lowest BCUT2D eigenvalue weighted by atomic mass is 9.85. The maximum atomic E-state index is 10.0. The van der Waals surface area contributed by atoms with Crippen LogP contribution in [0.5, 0.6) is 0 Å². The number of nitriles is 1. The first-order chi connectivity index (χ1) is 16.6. The molecule has 0 aliphatic heterocycles. The molecule has 2 aromatic heterocycles. The van der Waals surface area contributed by atoms with E-state index < -0.39 is 0 Å². The van der Waals surface area contributed by atoms with Gasteiger partial charge in [-0.3, -0.25) is 0 Å². The molecule has 5 aromatic rings. The fourth-order valence-corrected chi connectivity index (χ4v) is 5.72. The van der Waals surface area contributed by atoms with Gasteiger partial charge in [-0.2, -0.15) is 5.26 Å². The molecule has 3 heteroatoms. The zero-order chi connectivity index (χ0) is 23.4. The highest BCUT2D eigenvalue weighted by atomic mass is 16.3. The van der Waals surface area contributed by atoms with E-state index in [1.165, 1.54) is 35.1 Å². The number of hydrogen-bond donors (Lipinski definition) is 0. The van der Waals surface area contributed by atoms with Crippen LogP contribution in [0, 0.1) is 25.2 Å². The van der Waals surface area contributed by atoms with E-state index >= 15 is 0 Å². The van der Waals surface area contributed by atoms with Gasteiger partial charge in [-0.25, -0.2) is 4.57 Å². The number of benzene rings is 3. The molecule has 6 rings (SSSR count). The fraction of sp³-hybridized carbons (Fsp3) is 0.226. The van der Waals surface area contributed by atoms with Crippen LogP contribution in [0.1, 0.15) is 40.7 Å². The second-order valence-corrected chi connectivity index (χ2v) is 9.55. The average molecular weight is 444 g/mol. The Kier molecular flexibility index (Phi) is 4.78. The molecule has 0 amide bonds. The Morgan fingerprint density at radius 2 is 1.62 bits per heavy atom. The lowest BCUT2D eigenvalue weighted by molar-refractivity contribution is -0.660. The third kappa shape index (κ3) is 3.06. The molecular weight excluding hydrogens is 416 g/mol. The zero-order valence-corrected chi connectivity index (χ0v) is 19.9. The highest BCUT2D eigenvalue weighted by Crippen LogP contribution is 2.42. The van der Waals surface area contributed by atoms with Crippen LogP contribution in [0.4, 0.5) is 0 Å². The Labute approximate surface area is 199 Å². The number of aromatic nitrogens is 1. The van der Waals surface area contributed by atoms with Crippen LogP contribution in [0.2, 0.25) is 0 Å². The molecule has 3 nitrogen and oxygen atoms in total. The largest absolute Gasteiger partial charge is 0.454 e. The van der Waals surface area contributed by atoms with Crippen LogP contribution < -0.4 is 4.57 Å². The molecule has 166 valence electrons. The molecule has 0 bridgehead atoms. The van der Waals surface area contributed by atoms with Crippen molar-refractivity contribution in [3.63, 3.8) is 0 Å². The third-order valence-corrected chi connectivity index (χ3v) is 7.43. The summed E-state index contributed by atoms with van der Waals surface area (Å²) in [6.45, 7) is 4.33. The van der Waals surface area contributed by atoms with Crippen LogP contribution in [0.15, 0.2) is 65.2 Å². The van der Waals surface area contributed by atoms with Crippen molar-refractivity contribution in [1.82, 2.24) is 0 Å². The minimum atomic E-state index is 0.658. The van der Waals surface area contributed by atoms with Gasteiger partial charge in [-0.05, 0) is 85.5 Å². The quantitative estimate of drug-likeness (QED) is 0.273. The molecule has 0 saturated heterocycles. The Morgan fingerprint density at radius 1 is 0.853 bits per heavy atom. The van der Waals surface area contributed by atoms with E-state index in [-0.39, 0.29) is 0 Å². The maximum Gasteiger partial charge on any atom is 0.216 e. The number of fused-ring (bicyclic) bond motifs is 4. The summed E-state index contributed by atoms with van der Waals surface area (Å²) in [5.41, 5.74) is 11.9. The summed E-state index contributed by atoms with van der Waals surface area (Å²) in [5.74, 6) is 0. The van der Waals surface area contributed by atoms with Crippen molar-refractivity contribution in [2.45, 2.75) is 39.5 Å². The van der Waals surface area contributed by atoms with Gasteiger partial charge in [-0.1, -0.05) is 24.3 Å². The smallest absolute Gasteiger partial charge is 0.216 e. The molecule has 3 aromatic carbocycles. The van der Waals surface area contributed by atoms with Crippen LogP contribution in [-0.4, -0.2) is 0 Å². The van der Waals surface area contributed by atoms with Crippen molar-refractivity contribution in [3.05, 3.63) is 88.6 Å². The van der Waals surface area contributed by atoms with E-state index in [0.29, 0.717) is 5.56 Å². The van der Waals surface area contributed by atoms with Gasteiger partial charge in [0.1, 0.15) is 18.2 Å². The Balaban J connectivity index is 1.70. The SMILES string of the molecule is Cc1cc(-c2c(C#N)ccc3c2oc2c(-c4cccc[n+]4C)c(C)ccc23)cc2c1CCCC2. The summed E-state index contributed by atoms with van der Waals surface area (Å²) in [4.78, 5) is 0. The lowest BCUT2D eigenvalue weighted by Gasteiger charge is -2.20. The van der Waals surface area contributed by atoms with Crippen molar-refractivity contribution in [2.24, 2.45) is 7.05 Å². The lowest BCUT2D eigenvalue weighted by Crippen LogP contribution is -2.30. The van der Waals surface area contributed by atoms with Crippen LogP contribution in [0.3, 0.4) is 0 Å². The first kappa shape index (κ1) is 20.7. The van der Waals surface area contributed by atoms with Crippen molar-refractivity contribution >= 4 is 21.9 Å². The van der Waals surface area contributed by atoms with E-state index in [2.05, 4.69) is 74.1 Å². The summed E-state index contributed by atoms with van der Waals surface area (Å²) >= 11 is 0. The molecule has 2 heterocycles. The van der Waals surface area contributed by atoms with E-state index in [4.69, 9.17) is 4.42 Å². The highest BCUT2D eigenvalue weighted by molar-refractivity contribution is 6.14. The van der Waals surface area contributed by atoms with Crippen LogP contribution in [-0.2, 0) is 19.9 Å². The molecule has 34 heavy (non-hydrogen) atoms. The minimum Gasteiger partial charge on any atom is -0.454 e. The molecule has 0 fully saturated rings. The van der Waals surface area contributed by atoms with Gasteiger partial charge in [0.05, 0.1) is 17.2 Å². The maximum absolute atomic E-state index is 10.0. The van der Waals surface area contributed by atoms with Gasteiger partial charge in [0, 0.05) is 28.5 Å². The van der Waals surface area contributed by atoms with E-state index in [1.54, 1.807) is 0 Å². The van der Waals surface area contributed by atoms with Crippen LogP contribution >= 0.6 is 0 Å². The van der Waals surface area contributed by atoms with Crippen molar-refractivity contribution in [2.75, 3.05) is 0 Å². The monoisotopic (exact) mass is 443 g/mol. The molecule has 0 radical (unpaired) electrons. The predicted octanol–water partition coefficient (Wildman–Crippen LogP) is 7.11. The molecule has 1 aliphatic carbocycles. The molecule has 0 saturated carbocycles. The Bertz CT molecular complexity index is 1650. The van der Waals surface area contributed by atoms with Gasteiger partial charge >= 0.3 is 0 Å². The number of hydrogen-bond acceptors (Lipinski definition) is 2. The number of aryl methyl sites for hydroxylation is 4. The van der Waals surface area contributed by atoms with Gasteiger partial charge in [0.2, 0.25) is 5.69 Å². The average Bonchev–Trinajstić information content (AvgIpc) is 3.22. The van der Waals surface area contributed by atoms with E-state index in [0.717, 1.165) is 57.2 Å². The topological polar surface area (TPSA) is 40.8 Å². The summed E-state index contributed by atoms with van der Waals surface area (Å²) in [5, 5.41) is 12.2. The zero-order valence-electron chi connectivity index (χ0n) is 19.9. The van der Waals surface area contributed by atoms with Gasteiger partial charge in [0.15, 0.2) is 6.20 Å². The summed E-state index contributed by atoms with van der Waals surface area (Å²) in [6, 6.07) is 21.5. The molecule has 0 unspecified atom stereocenters. The van der Waals surface area contributed by atoms with Gasteiger partial charge in [-0.15, -0.1) is 0 Å².